The highest BCUT2D eigenvalue weighted by atomic mass is 32.2. The van der Waals surface area contributed by atoms with Crippen LogP contribution in [0.5, 0.6) is 5.75 Å². The molecule has 118 heavy (non-hydrogen) atoms. The molecule has 4 aromatic carbocycles. The molecule has 6 rings (SSSR count). The molecule has 4 aromatic rings. The fraction of sp³-hybridized carbons (Fsp3) is 0.529. The molecular weight excluding hydrogens is 1540 g/mol. The smallest absolute Gasteiger partial charge is 0.328 e. The zero-order valence-electron chi connectivity index (χ0n) is 70.5. The number of allylic oxidation sites excluding steroid dienone is 1. The Hall–Kier alpha value is -11.2. The summed E-state index contributed by atoms with van der Waals surface area (Å²) in [6, 6.07) is 16.7. The molecular formula is C85H121N15O17S. The molecule has 10 atom stereocenters. The number of primary amides is 1. The number of benzene rings is 4. The Morgan fingerprint density at radius 3 is 1.75 bits per heavy atom. The molecule has 12 amide bonds. The van der Waals surface area contributed by atoms with Crippen LogP contribution in [0, 0.1) is 44.4 Å². The number of sulfonamides is 1. The van der Waals surface area contributed by atoms with Crippen molar-refractivity contribution in [1.29, 1.82) is 0 Å². The van der Waals surface area contributed by atoms with Gasteiger partial charge in [0.25, 0.3) is 10.0 Å². The van der Waals surface area contributed by atoms with Crippen LogP contribution in [0.2, 0.25) is 0 Å². The van der Waals surface area contributed by atoms with Crippen LogP contribution >= 0.6 is 0 Å². The Morgan fingerprint density at radius 1 is 0.653 bits per heavy atom. The molecule has 0 aliphatic carbocycles. The second-order valence-electron chi connectivity index (χ2n) is 31.7. The molecule has 0 unspecified atom stereocenters. The summed E-state index contributed by atoms with van der Waals surface area (Å²) in [7, 11) is -3.20. The summed E-state index contributed by atoms with van der Waals surface area (Å²) < 4.78 is 42.1. The average Bonchev–Trinajstić information content (AvgIpc) is 1.45. The zero-order chi connectivity index (χ0) is 87.5. The van der Waals surface area contributed by atoms with Crippen LogP contribution in [0.4, 0.5) is 0 Å². The van der Waals surface area contributed by atoms with E-state index in [4.69, 9.17) is 20.9 Å². The molecule has 2 aliphatic rings. The van der Waals surface area contributed by atoms with E-state index in [0.717, 1.165) is 10.5 Å². The second-order valence-corrected chi connectivity index (χ2v) is 33.3. The van der Waals surface area contributed by atoms with E-state index >= 15 is 14.4 Å². The quantitative estimate of drug-likeness (QED) is 0.00749. The van der Waals surface area contributed by atoms with Gasteiger partial charge in [0.2, 0.25) is 76.8 Å². The minimum atomic E-state index is -4.40. The molecule has 644 valence electrons. The van der Waals surface area contributed by atoms with E-state index in [1.165, 1.54) is 14.0 Å². The topological polar surface area (TPSA) is 474 Å². The highest BCUT2D eigenvalue weighted by Gasteiger charge is 2.42. The van der Waals surface area contributed by atoms with E-state index in [9.17, 15) is 56.4 Å². The van der Waals surface area contributed by atoms with Gasteiger partial charge in [0.1, 0.15) is 65.2 Å². The molecule has 2 aliphatic heterocycles. The number of nitrogens with zero attached hydrogens (tertiary/aromatic N) is 2. The second kappa shape index (κ2) is 44.4. The maximum absolute atomic E-state index is 15.4. The van der Waals surface area contributed by atoms with Gasteiger partial charge in [-0.2, -0.15) is 0 Å². The van der Waals surface area contributed by atoms with Crippen molar-refractivity contribution >= 4 is 92.8 Å². The summed E-state index contributed by atoms with van der Waals surface area (Å²) >= 11 is 0. The number of guanidine groups is 1. The molecule has 0 bridgehead atoms. The van der Waals surface area contributed by atoms with E-state index in [0.29, 0.717) is 58.4 Å². The lowest BCUT2D eigenvalue weighted by molar-refractivity contribution is -0.147. The van der Waals surface area contributed by atoms with Gasteiger partial charge in [0.05, 0.1) is 25.1 Å². The fourth-order valence-electron chi connectivity index (χ4n) is 14.1. The lowest BCUT2D eigenvalue weighted by atomic mass is 9.77. The van der Waals surface area contributed by atoms with Gasteiger partial charge < -0.3 is 79.0 Å². The third-order valence-corrected chi connectivity index (χ3v) is 22.8. The third kappa shape index (κ3) is 26.9. The van der Waals surface area contributed by atoms with Crippen molar-refractivity contribution in [1.82, 2.24) is 62.8 Å². The minimum Gasteiger partial charge on any atom is -0.487 e. The van der Waals surface area contributed by atoms with Gasteiger partial charge in [-0.05, 0) is 137 Å². The maximum atomic E-state index is 15.4. The summed E-state index contributed by atoms with van der Waals surface area (Å²) in [5, 5.41) is 27.2. The van der Waals surface area contributed by atoms with Crippen molar-refractivity contribution in [2.24, 2.45) is 40.1 Å². The molecule has 0 radical (unpaired) electrons. The Morgan fingerprint density at radius 2 is 1.20 bits per heavy atom. The first-order valence-electron chi connectivity index (χ1n) is 40.3. The number of rotatable bonds is 39. The predicted octanol–water partition coefficient (Wildman–Crippen LogP) is 4.01. The normalized spacial score (nSPS) is 17.5. The highest BCUT2D eigenvalue weighted by molar-refractivity contribution is 7.90. The molecule has 33 heteroatoms. The van der Waals surface area contributed by atoms with Crippen LogP contribution in [0.15, 0.2) is 113 Å². The molecule has 0 aromatic heterocycles. The van der Waals surface area contributed by atoms with Gasteiger partial charge in [-0.15, -0.1) is 0 Å². The molecule has 0 saturated carbocycles. The number of amides is 12. The van der Waals surface area contributed by atoms with Crippen LogP contribution in [0.1, 0.15) is 186 Å². The largest absolute Gasteiger partial charge is 0.487 e. The van der Waals surface area contributed by atoms with Gasteiger partial charge in [0, 0.05) is 44.3 Å². The summed E-state index contributed by atoms with van der Waals surface area (Å²) in [6.45, 7) is 22.3. The Bertz CT molecular complexity index is 4310. The monoisotopic (exact) mass is 1660 g/mol. The van der Waals surface area contributed by atoms with Crippen LogP contribution < -0.4 is 74.1 Å². The number of methoxy groups -OCH3 is 1. The number of aliphatic imine (C=N–C) groups is 1. The molecule has 2 heterocycles. The number of nitrogens with two attached hydrogens (primary N) is 2. The number of hydrogen-bond donors (Lipinski definition) is 13. The van der Waals surface area contributed by atoms with Gasteiger partial charge in [-0.25, -0.2) is 17.9 Å². The standard InChI is InChI=1S/C85H121N15O17S/c1-16-51(7)71(80(111)97-72(52(8)17-2)82(113)116-15)96-75(106)56(12)90-79(110)64(45-49(3)4)94-77(108)63(40-42-67(103)98-85(57-31-22-18-23-32-57,58-33-24-19-25-34-58)59-35-26-20-27-36-59)93-76(107)61(37-30-43-88-83(87)99-118(114,115)74-54(10)53(9)73-60(55(74)11)46-84(13,14)117-73)92-68(104)47-89-69(105)48-100-44-29-21-28-38-66(102)91-62(39-41-65(86)101)78(109)95-70(50(5)6)81(100)112/h18-27,29,31-36,49-52,56,61-64,70-72H,16-17,28,30,37-48H2,1-15H3,(H2,86,101)(H,89,105)(H,90,110)(H,91,102)(H,92,104)(H,93,107)(H,94,108)(H,95,109)(H,96,106)(H,97,111)(H,98,103)(H3,87,88,99)/b29-21+/t51-,52-,56-,61-,62-,63-,64-,70-,71-,72-/m0/s1. The fourth-order valence-corrected chi connectivity index (χ4v) is 15.6. The van der Waals surface area contributed by atoms with Crippen molar-refractivity contribution in [3.8, 4) is 5.75 Å². The third-order valence-electron chi connectivity index (χ3n) is 21.2. The molecule has 15 N–H and O–H groups in total. The predicted molar refractivity (Wildman–Crippen MR) is 444 cm³/mol. The van der Waals surface area contributed by atoms with Gasteiger partial charge in [0.15, 0.2) is 0 Å². The number of fused-ring (bicyclic) bond motifs is 1. The number of nitrogens with one attached hydrogen (secondary N) is 11. The lowest BCUT2D eigenvalue weighted by Gasteiger charge is -2.37. The van der Waals surface area contributed by atoms with Crippen molar-refractivity contribution in [2.45, 2.75) is 238 Å². The van der Waals surface area contributed by atoms with Gasteiger partial charge >= 0.3 is 5.97 Å². The summed E-state index contributed by atoms with van der Waals surface area (Å²) in [5.41, 5.74) is 14.0. The average molecular weight is 1660 g/mol. The molecule has 0 spiro atoms. The van der Waals surface area contributed by atoms with Crippen LogP contribution in [-0.4, -0.2) is 183 Å². The first-order valence-corrected chi connectivity index (χ1v) is 41.8. The summed E-state index contributed by atoms with van der Waals surface area (Å²) in [6.07, 6.45) is 2.75. The Labute approximate surface area is 692 Å². The number of carbonyl (C=O) groups is 13. The van der Waals surface area contributed by atoms with Crippen molar-refractivity contribution in [2.75, 3.05) is 33.3 Å². The SMILES string of the molecule is CC[C@H](C)[C@H](NC(=O)[C@H](C)NC(=O)[C@H](CC(C)C)NC(=O)[C@H](CCC(=O)NC(c1ccccc1)(c1ccccc1)c1ccccc1)NC(=O)[C@H](CCCN=C(N)NS(=O)(=O)c1c(C)c(C)c2c(c1C)CC(C)(C)O2)NC(=O)CNC(=O)CN1C/C=C/CCC(=O)N[C@@H](CCC(N)=O)C(=O)N[C@@H](C(C)C)C1=O)C(=O)N[C@H](C(=O)OC)[C@@H](C)CC. The Balaban J connectivity index is 1.36. The van der Waals surface area contributed by atoms with E-state index in [2.05, 4.69) is 62.9 Å². The van der Waals surface area contributed by atoms with Gasteiger partial charge in [-0.1, -0.05) is 171 Å². The van der Waals surface area contributed by atoms with Crippen LogP contribution in [0.3, 0.4) is 0 Å². The Kier molecular flexibility index (Phi) is 35.9. The number of esters is 1. The van der Waals surface area contributed by atoms with Crippen molar-refractivity contribution in [3.05, 3.63) is 142 Å². The summed E-state index contributed by atoms with van der Waals surface area (Å²) in [4.78, 5) is 188. The summed E-state index contributed by atoms with van der Waals surface area (Å²) in [5.74, 6) is -11.8. The number of ether oxygens (including phenoxy) is 2. The van der Waals surface area contributed by atoms with Crippen molar-refractivity contribution < 1.29 is 80.2 Å². The molecule has 0 saturated heterocycles. The van der Waals surface area contributed by atoms with E-state index < -0.39 is 190 Å². The lowest BCUT2D eigenvalue weighted by Crippen LogP contribution is -2.60. The minimum absolute atomic E-state index is 0.0133. The van der Waals surface area contributed by atoms with Crippen molar-refractivity contribution in [3.63, 3.8) is 0 Å². The first kappa shape index (κ1) is 95.6. The van der Waals surface area contributed by atoms with Crippen LogP contribution in [0.25, 0.3) is 0 Å². The van der Waals surface area contributed by atoms with E-state index in [1.54, 1.807) is 74.5 Å². The van der Waals surface area contributed by atoms with Crippen LogP contribution in [-0.2, 0) is 89.0 Å². The first-order chi connectivity index (χ1) is 55.7. The number of hydrogen-bond acceptors (Lipinski definition) is 18. The number of carbonyl (C=O) groups excluding carboxylic acids is 13. The van der Waals surface area contributed by atoms with E-state index in [-0.39, 0.29) is 74.8 Å². The van der Waals surface area contributed by atoms with E-state index in [1.807, 2.05) is 119 Å². The molecule has 32 nitrogen and oxygen atoms in total. The zero-order valence-corrected chi connectivity index (χ0v) is 71.3. The van der Waals surface area contributed by atoms with Gasteiger partial charge in [-0.3, -0.25) is 62.5 Å². The highest BCUT2D eigenvalue weighted by Crippen LogP contribution is 2.44. The maximum Gasteiger partial charge on any atom is 0.328 e. The molecule has 0 fully saturated rings.